The van der Waals surface area contributed by atoms with E-state index >= 15 is 0 Å². The van der Waals surface area contributed by atoms with Crippen LogP contribution in [0.25, 0.3) is 0 Å². The summed E-state index contributed by atoms with van der Waals surface area (Å²) in [5.74, 6) is -0.0433. The lowest BCUT2D eigenvalue weighted by Crippen LogP contribution is -1.96. The summed E-state index contributed by atoms with van der Waals surface area (Å²) in [5, 5.41) is 12.8. The van der Waals surface area contributed by atoms with Crippen molar-refractivity contribution in [3.8, 4) is 5.75 Å². The minimum Gasteiger partial charge on any atom is -0.495 e. The maximum Gasteiger partial charge on any atom is 0.303 e. The summed E-state index contributed by atoms with van der Waals surface area (Å²) in [6, 6.07) is 5.88. The zero-order valence-corrected chi connectivity index (χ0v) is 13.1. The normalized spacial score (nSPS) is 10.4. The number of ether oxygens (including phenoxy) is 1. The number of nitrogens with one attached hydrogen (secondary N) is 1. The number of carbonyl (C=O) groups is 1. The molecule has 0 atom stereocenters. The van der Waals surface area contributed by atoms with Gasteiger partial charge in [-0.3, -0.25) is 4.79 Å². The van der Waals surface area contributed by atoms with Gasteiger partial charge in [0, 0.05) is 4.88 Å². The first-order chi connectivity index (χ1) is 9.99. The number of hydrogen-bond donors (Lipinski definition) is 2. The SMILES string of the molecule is COc1ccc(C)cc1Nc1nc(C)c(CCC(=O)O)s1. The Kier molecular flexibility index (Phi) is 4.80. The van der Waals surface area contributed by atoms with Crippen molar-refractivity contribution in [2.75, 3.05) is 12.4 Å². The monoisotopic (exact) mass is 306 g/mol. The molecule has 0 saturated carbocycles. The highest BCUT2D eigenvalue weighted by molar-refractivity contribution is 7.15. The summed E-state index contributed by atoms with van der Waals surface area (Å²) >= 11 is 1.48. The molecule has 5 nitrogen and oxygen atoms in total. The van der Waals surface area contributed by atoms with E-state index in [1.807, 2.05) is 32.0 Å². The molecular weight excluding hydrogens is 288 g/mol. The second-order valence-electron chi connectivity index (χ2n) is 4.75. The van der Waals surface area contributed by atoms with Crippen LogP contribution in [0.2, 0.25) is 0 Å². The molecule has 2 aromatic rings. The van der Waals surface area contributed by atoms with E-state index < -0.39 is 5.97 Å². The molecule has 2 N–H and O–H groups in total. The van der Waals surface area contributed by atoms with Crippen LogP contribution in [0.15, 0.2) is 18.2 Å². The third-order valence-electron chi connectivity index (χ3n) is 3.06. The number of rotatable bonds is 6. The molecule has 0 spiro atoms. The predicted molar refractivity (Wildman–Crippen MR) is 83.8 cm³/mol. The highest BCUT2D eigenvalue weighted by atomic mass is 32.1. The van der Waals surface area contributed by atoms with Crippen LogP contribution in [-0.2, 0) is 11.2 Å². The van der Waals surface area contributed by atoms with Crippen LogP contribution in [0, 0.1) is 13.8 Å². The number of benzene rings is 1. The minimum absolute atomic E-state index is 0.121. The van der Waals surface area contributed by atoms with Crippen molar-refractivity contribution in [1.29, 1.82) is 0 Å². The first-order valence-electron chi connectivity index (χ1n) is 6.59. The molecule has 0 aliphatic carbocycles. The average molecular weight is 306 g/mol. The summed E-state index contributed by atoms with van der Waals surface area (Å²) in [5.41, 5.74) is 2.85. The van der Waals surface area contributed by atoms with E-state index in [0.717, 1.165) is 32.7 Å². The highest BCUT2D eigenvalue weighted by Crippen LogP contribution is 2.32. The Balaban J connectivity index is 2.18. The van der Waals surface area contributed by atoms with Gasteiger partial charge in [-0.05, 0) is 38.0 Å². The van der Waals surface area contributed by atoms with E-state index in [1.54, 1.807) is 7.11 Å². The molecule has 1 aromatic heterocycles. The molecule has 1 heterocycles. The smallest absolute Gasteiger partial charge is 0.303 e. The Bertz CT molecular complexity index is 652. The number of anilines is 2. The van der Waals surface area contributed by atoms with Crippen LogP contribution in [0.4, 0.5) is 10.8 Å². The second-order valence-corrected chi connectivity index (χ2v) is 5.83. The number of aryl methyl sites for hydroxylation is 3. The minimum atomic E-state index is -0.794. The lowest BCUT2D eigenvalue weighted by Gasteiger charge is -2.09. The summed E-state index contributed by atoms with van der Waals surface area (Å²) in [4.78, 5) is 16.1. The molecule has 6 heteroatoms. The van der Waals surface area contributed by atoms with Crippen LogP contribution in [-0.4, -0.2) is 23.2 Å². The highest BCUT2D eigenvalue weighted by Gasteiger charge is 2.11. The summed E-state index contributed by atoms with van der Waals surface area (Å²) in [6.45, 7) is 3.91. The van der Waals surface area contributed by atoms with Crippen molar-refractivity contribution in [3.05, 3.63) is 34.3 Å². The van der Waals surface area contributed by atoms with E-state index in [9.17, 15) is 4.79 Å². The van der Waals surface area contributed by atoms with E-state index in [2.05, 4.69) is 10.3 Å². The molecule has 2 rings (SSSR count). The first kappa shape index (κ1) is 15.3. The Morgan fingerprint density at radius 2 is 2.19 bits per heavy atom. The van der Waals surface area contributed by atoms with Gasteiger partial charge in [0.1, 0.15) is 5.75 Å². The summed E-state index contributed by atoms with van der Waals surface area (Å²) in [7, 11) is 1.63. The van der Waals surface area contributed by atoms with Crippen LogP contribution in [0.3, 0.4) is 0 Å². The van der Waals surface area contributed by atoms with Crippen molar-refractivity contribution in [2.45, 2.75) is 26.7 Å². The van der Waals surface area contributed by atoms with Gasteiger partial charge >= 0.3 is 5.97 Å². The van der Waals surface area contributed by atoms with E-state index in [0.29, 0.717) is 6.42 Å². The van der Waals surface area contributed by atoms with Gasteiger partial charge in [0.15, 0.2) is 5.13 Å². The zero-order chi connectivity index (χ0) is 15.4. The molecule has 0 fully saturated rings. The lowest BCUT2D eigenvalue weighted by molar-refractivity contribution is -0.136. The number of carboxylic acids is 1. The average Bonchev–Trinajstić information content (AvgIpc) is 2.77. The van der Waals surface area contributed by atoms with Gasteiger partial charge in [0.2, 0.25) is 0 Å². The number of methoxy groups -OCH3 is 1. The van der Waals surface area contributed by atoms with Crippen LogP contribution in [0.1, 0.15) is 22.6 Å². The molecule has 112 valence electrons. The summed E-state index contributed by atoms with van der Waals surface area (Å²) < 4.78 is 5.33. The molecule has 0 aliphatic heterocycles. The van der Waals surface area contributed by atoms with Crippen molar-refractivity contribution in [2.24, 2.45) is 0 Å². The molecule has 0 radical (unpaired) electrons. The molecule has 0 bridgehead atoms. The number of aromatic nitrogens is 1. The number of nitrogens with zero attached hydrogens (tertiary/aromatic N) is 1. The number of aliphatic carboxylic acids is 1. The fourth-order valence-electron chi connectivity index (χ4n) is 1.97. The predicted octanol–water partition coefficient (Wildman–Crippen LogP) is 3.53. The van der Waals surface area contributed by atoms with Crippen molar-refractivity contribution in [3.63, 3.8) is 0 Å². The molecule has 1 aromatic carbocycles. The Morgan fingerprint density at radius 1 is 1.43 bits per heavy atom. The summed E-state index contributed by atoms with van der Waals surface area (Å²) in [6.07, 6.45) is 0.627. The van der Waals surface area contributed by atoms with E-state index in [1.165, 1.54) is 11.3 Å². The molecule has 0 saturated heterocycles. The zero-order valence-electron chi connectivity index (χ0n) is 12.3. The van der Waals surface area contributed by atoms with Gasteiger partial charge in [-0.1, -0.05) is 6.07 Å². The van der Waals surface area contributed by atoms with Crippen molar-refractivity contribution in [1.82, 2.24) is 4.98 Å². The van der Waals surface area contributed by atoms with Crippen molar-refractivity contribution < 1.29 is 14.6 Å². The van der Waals surface area contributed by atoms with Gasteiger partial charge in [-0.2, -0.15) is 0 Å². The quantitative estimate of drug-likeness (QED) is 0.854. The Hall–Kier alpha value is -2.08. The number of hydrogen-bond acceptors (Lipinski definition) is 5. The standard InChI is InChI=1S/C15H18N2O3S/c1-9-4-5-12(20-3)11(8-9)17-15-16-10(2)13(21-15)6-7-14(18)19/h4-5,8H,6-7H2,1-3H3,(H,16,17)(H,18,19). The Morgan fingerprint density at radius 3 is 2.86 bits per heavy atom. The van der Waals surface area contributed by atoms with Crippen LogP contribution in [0.5, 0.6) is 5.75 Å². The van der Waals surface area contributed by atoms with E-state index in [4.69, 9.17) is 9.84 Å². The fourth-order valence-corrected chi connectivity index (χ4v) is 2.94. The first-order valence-corrected chi connectivity index (χ1v) is 7.41. The van der Waals surface area contributed by atoms with Gasteiger partial charge in [-0.25, -0.2) is 4.98 Å². The van der Waals surface area contributed by atoms with Gasteiger partial charge in [0.05, 0.1) is 24.9 Å². The molecule has 21 heavy (non-hydrogen) atoms. The van der Waals surface area contributed by atoms with Gasteiger partial charge in [-0.15, -0.1) is 11.3 Å². The van der Waals surface area contributed by atoms with E-state index in [-0.39, 0.29) is 6.42 Å². The van der Waals surface area contributed by atoms with Crippen LogP contribution < -0.4 is 10.1 Å². The maximum atomic E-state index is 10.7. The molecule has 0 aliphatic rings. The largest absolute Gasteiger partial charge is 0.495 e. The third kappa shape index (κ3) is 3.95. The van der Waals surface area contributed by atoms with Crippen molar-refractivity contribution >= 4 is 28.1 Å². The lowest BCUT2D eigenvalue weighted by atomic mass is 10.2. The number of carboxylic acid groups (broad SMARTS) is 1. The Labute approximate surface area is 127 Å². The number of thiazole rings is 1. The van der Waals surface area contributed by atoms with Gasteiger partial charge in [0.25, 0.3) is 0 Å². The van der Waals surface area contributed by atoms with Crippen LogP contribution >= 0.6 is 11.3 Å². The van der Waals surface area contributed by atoms with Gasteiger partial charge < -0.3 is 15.2 Å². The maximum absolute atomic E-state index is 10.7. The third-order valence-corrected chi connectivity index (χ3v) is 4.19. The molecular formula is C15H18N2O3S. The molecule has 0 amide bonds. The topological polar surface area (TPSA) is 71.5 Å². The molecule has 0 unspecified atom stereocenters. The fraction of sp³-hybridized carbons (Fsp3) is 0.333. The second kappa shape index (κ2) is 6.58.